The number of fused-ring (bicyclic) bond motifs is 1. The van der Waals surface area contributed by atoms with E-state index in [1.54, 1.807) is 0 Å². The molecular formula is C14H26O3S. The summed E-state index contributed by atoms with van der Waals surface area (Å²) in [4.78, 5) is 0. The zero-order valence-electron chi connectivity index (χ0n) is 12.1. The molecule has 4 heteroatoms. The predicted octanol–water partition coefficient (Wildman–Crippen LogP) is 2.93. The summed E-state index contributed by atoms with van der Waals surface area (Å²) < 4.78 is 17.7. The van der Waals surface area contributed by atoms with Gasteiger partial charge in [0, 0.05) is 18.3 Å². The van der Waals surface area contributed by atoms with Crippen LogP contribution in [0.15, 0.2) is 0 Å². The lowest BCUT2D eigenvalue weighted by Gasteiger charge is -2.50. The molecule has 1 aliphatic carbocycles. The molecule has 1 aliphatic heterocycles. The molecule has 0 aromatic heterocycles. The minimum absolute atomic E-state index is 0.183. The van der Waals surface area contributed by atoms with Crippen molar-refractivity contribution in [1.29, 1.82) is 0 Å². The average molecular weight is 274 g/mol. The van der Waals surface area contributed by atoms with Gasteiger partial charge in [0.1, 0.15) is 0 Å². The largest absolute Gasteiger partial charge is 0.378 e. The van der Waals surface area contributed by atoms with Crippen molar-refractivity contribution < 1.29 is 14.2 Å². The molecule has 0 radical (unpaired) electrons. The lowest BCUT2D eigenvalue weighted by Crippen LogP contribution is -2.58. The van der Waals surface area contributed by atoms with Crippen molar-refractivity contribution in [3.8, 4) is 0 Å². The highest BCUT2D eigenvalue weighted by molar-refractivity contribution is 7.99. The van der Waals surface area contributed by atoms with Crippen molar-refractivity contribution >= 4 is 11.8 Å². The predicted molar refractivity (Wildman–Crippen MR) is 74.9 cm³/mol. The van der Waals surface area contributed by atoms with Gasteiger partial charge in [-0.3, -0.25) is 0 Å². The van der Waals surface area contributed by atoms with Crippen LogP contribution < -0.4 is 0 Å². The van der Waals surface area contributed by atoms with Gasteiger partial charge in [0.15, 0.2) is 5.79 Å². The molecule has 1 saturated heterocycles. The van der Waals surface area contributed by atoms with Crippen LogP contribution >= 0.6 is 11.8 Å². The van der Waals surface area contributed by atoms with Crippen molar-refractivity contribution in [3.63, 3.8) is 0 Å². The summed E-state index contributed by atoms with van der Waals surface area (Å²) in [6.45, 7) is 9.30. The van der Waals surface area contributed by atoms with Gasteiger partial charge in [-0.15, -0.1) is 0 Å². The fourth-order valence-electron chi connectivity index (χ4n) is 3.20. The van der Waals surface area contributed by atoms with E-state index in [2.05, 4.69) is 13.8 Å². The van der Waals surface area contributed by atoms with Gasteiger partial charge in [0.2, 0.25) is 0 Å². The van der Waals surface area contributed by atoms with Crippen molar-refractivity contribution in [3.05, 3.63) is 0 Å². The summed E-state index contributed by atoms with van der Waals surface area (Å²) in [5, 5.41) is 0.662. The van der Waals surface area contributed by atoms with E-state index >= 15 is 0 Å². The van der Waals surface area contributed by atoms with Crippen LogP contribution in [0.5, 0.6) is 0 Å². The summed E-state index contributed by atoms with van der Waals surface area (Å²) >= 11 is 2.04. The first-order valence-corrected chi connectivity index (χ1v) is 7.99. The molecule has 106 valence electrons. The minimum atomic E-state index is -0.470. The van der Waals surface area contributed by atoms with Gasteiger partial charge in [-0.2, -0.15) is 11.8 Å². The van der Waals surface area contributed by atoms with E-state index in [0.717, 1.165) is 12.4 Å². The molecule has 3 nitrogen and oxygen atoms in total. The maximum Gasteiger partial charge on any atom is 0.163 e. The molecule has 2 aliphatic rings. The van der Waals surface area contributed by atoms with Crippen LogP contribution in [0.4, 0.5) is 0 Å². The second-order valence-electron chi connectivity index (χ2n) is 5.84. The molecule has 5 atom stereocenters. The molecule has 2 fully saturated rings. The Hall–Kier alpha value is 0.230. The van der Waals surface area contributed by atoms with E-state index in [9.17, 15) is 0 Å². The maximum atomic E-state index is 6.12. The van der Waals surface area contributed by atoms with Gasteiger partial charge in [0.25, 0.3) is 0 Å². The number of ether oxygens (including phenoxy) is 3. The van der Waals surface area contributed by atoms with Crippen LogP contribution in [0.25, 0.3) is 0 Å². The normalized spacial score (nSPS) is 43.5. The van der Waals surface area contributed by atoms with E-state index in [-0.39, 0.29) is 12.2 Å². The average Bonchev–Trinajstić information content (AvgIpc) is 2.30. The molecule has 2 unspecified atom stereocenters. The molecular weight excluding hydrogens is 248 g/mol. The number of thioether (sulfide) groups is 1. The molecule has 0 aromatic rings. The van der Waals surface area contributed by atoms with Gasteiger partial charge < -0.3 is 14.2 Å². The Kier molecular flexibility index (Phi) is 4.63. The highest BCUT2D eigenvalue weighted by atomic mass is 32.2. The lowest BCUT2D eigenvalue weighted by molar-refractivity contribution is -0.320. The third kappa shape index (κ3) is 2.87. The summed E-state index contributed by atoms with van der Waals surface area (Å²) in [5.41, 5.74) is 0. The van der Waals surface area contributed by atoms with Gasteiger partial charge in [-0.05, 0) is 31.9 Å². The first-order valence-electron chi connectivity index (χ1n) is 6.94. The van der Waals surface area contributed by atoms with E-state index in [0.29, 0.717) is 17.1 Å². The maximum absolute atomic E-state index is 6.12. The SMILES string of the molecule is CCS[C@H]1CC2COC(C)(C)O[C@@H]2[C@@H](OC)C1C. The van der Waals surface area contributed by atoms with E-state index in [1.807, 2.05) is 32.7 Å². The highest BCUT2D eigenvalue weighted by Gasteiger charge is 2.48. The zero-order chi connectivity index (χ0) is 13.3. The molecule has 1 saturated carbocycles. The smallest absolute Gasteiger partial charge is 0.163 e. The van der Waals surface area contributed by atoms with Crippen LogP contribution in [-0.4, -0.2) is 42.7 Å². The van der Waals surface area contributed by atoms with Crippen molar-refractivity contribution in [2.24, 2.45) is 11.8 Å². The fourth-order valence-corrected chi connectivity index (χ4v) is 4.47. The fraction of sp³-hybridized carbons (Fsp3) is 1.00. The number of methoxy groups -OCH3 is 1. The Labute approximate surface area is 115 Å². The first-order chi connectivity index (χ1) is 8.48. The van der Waals surface area contributed by atoms with Gasteiger partial charge in [0.05, 0.1) is 18.8 Å². The third-order valence-corrected chi connectivity index (χ3v) is 5.53. The Bertz CT molecular complexity index is 282. The number of hydrogen-bond donors (Lipinski definition) is 0. The third-order valence-electron chi connectivity index (χ3n) is 4.15. The molecule has 18 heavy (non-hydrogen) atoms. The van der Waals surface area contributed by atoms with E-state index in [1.165, 1.54) is 6.42 Å². The Morgan fingerprint density at radius 3 is 2.72 bits per heavy atom. The molecule has 0 amide bonds. The Morgan fingerprint density at radius 2 is 2.11 bits per heavy atom. The monoisotopic (exact) mass is 274 g/mol. The Morgan fingerprint density at radius 1 is 1.39 bits per heavy atom. The summed E-state index contributed by atoms with van der Waals surface area (Å²) in [6.07, 6.45) is 1.55. The topological polar surface area (TPSA) is 27.7 Å². The van der Waals surface area contributed by atoms with Crippen LogP contribution in [0.2, 0.25) is 0 Å². The molecule has 0 aromatic carbocycles. The molecule has 1 heterocycles. The van der Waals surface area contributed by atoms with Gasteiger partial charge in [-0.25, -0.2) is 0 Å². The van der Waals surface area contributed by atoms with Crippen LogP contribution in [0.1, 0.15) is 34.1 Å². The molecule has 0 spiro atoms. The molecule has 0 bridgehead atoms. The highest BCUT2D eigenvalue weighted by Crippen LogP contribution is 2.43. The quantitative estimate of drug-likeness (QED) is 0.791. The second kappa shape index (κ2) is 5.70. The van der Waals surface area contributed by atoms with Crippen molar-refractivity contribution in [2.75, 3.05) is 19.5 Å². The summed E-state index contributed by atoms with van der Waals surface area (Å²) in [7, 11) is 1.81. The number of hydrogen-bond acceptors (Lipinski definition) is 4. The van der Waals surface area contributed by atoms with Crippen LogP contribution in [0.3, 0.4) is 0 Å². The van der Waals surface area contributed by atoms with Crippen LogP contribution in [-0.2, 0) is 14.2 Å². The molecule has 2 rings (SSSR count). The van der Waals surface area contributed by atoms with Crippen molar-refractivity contribution in [1.82, 2.24) is 0 Å². The van der Waals surface area contributed by atoms with Gasteiger partial charge >= 0.3 is 0 Å². The second-order valence-corrected chi connectivity index (χ2v) is 7.36. The standard InChI is InChI=1S/C14H26O3S/c1-6-18-11-7-10-8-16-14(3,4)17-13(10)12(15-5)9(11)2/h9-13H,6-8H2,1-5H3/t9?,10?,11-,12-,13-/m0/s1. The number of rotatable bonds is 3. The molecule has 0 N–H and O–H groups in total. The first kappa shape index (κ1) is 14.6. The lowest BCUT2D eigenvalue weighted by atomic mass is 9.77. The van der Waals surface area contributed by atoms with Crippen molar-refractivity contribution in [2.45, 2.75) is 57.4 Å². The minimum Gasteiger partial charge on any atom is -0.378 e. The zero-order valence-corrected chi connectivity index (χ0v) is 13.0. The van der Waals surface area contributed by atoms with E-state index in [4.69, 9.17) is 14.2 Å². The summed E-state index contributed by atoms with van der Waals surface area (Å²) in [5.74, 6) is 1.71. The Balaban J connectivity index is 2.12. The summed E-state index contributed by atoms with van der Waals surface area (Å²) in [6, 6.07) is 0. The van der Waals surface area contributed by atoms with E-state index < -0.39 is 5.79 Å². The van der Waals surface area contributed by atoms with Gasteiger partial charge in [-0.1, -0.05) is 13.8 Å². The van der Waals surface area contributed by atoms with Crippen LogP contribution in [0, 0.1) is 11.8 Å².